The lowest BCUT2D eigenvalue weighted by molar-refractivity contribution is -0.121. The van der Waals surface area contributed by atoms with Crippen LogP contribution in [0, 0.1) is 5.92 Å². The first-order valence-corrected chi connectivity index (χ1v) is 5.75. The Morgan fingerprint density at radius 1 is 1.47 bits per heavy atom. The molecule has 0 aliphatic carbocycles. The van der Waals surface area contributed by atoms with Gasteiger partial charge in [0, 0.05) is 24.5 Å². The molecule has 0 saturated heterocycles. The number of carbonyl (C=O) groups excluding carboxylic acids is 1. The van der Waals surface area contributed by atoms with Gasteiger partial charge in [-0.25, -0.2) is 4.98 Å². The van der Waals surface area contributed by atoms with Crippen molar-refractivity contribution < 1.29 is 4.79 Å². The molecule has 1 atom stereocenters. The zero-order valence-corrected chi connectivity index (χ0v) is 10.5. The molecule has 1 aromatic heterocycles. The molecule has 0 bridgehead atoms. The molecule has 1 heterocycles. The molecule has 0 spiro atoms. The summed E-state index contributed by atoms with van der Waals surface area (Å²) in [7, 11) is 0. The summed E-state index contributed by atoms with van der Waals surface area (Å²) < 4.78 is 0. The number of rotatable bonds is 5. The van der Waals surface area contributed by atoms with Gasteiger partial charge in [-0.1, -0.05) is 13.8 Å². The molecule has 17 heavy (non-hydrogen) atoms. The van der Waals surface area contributed by atoms with Gasteiger partial charge in [0.25, 0.3) is 0 Å². The number of hydrogen-bond acceptors (Lipinski definition) is 4. The third kappa shape index (κ3) is 4.72. The maximum absolute atomic E-state index is 11.7. The first-order valence-electron chi connectivity index (χ1n) is 5.75. The van der Waals surface area contributed by atoms with E-state index in [2.05, 4.69) is 29.5 Å². The maximum atomic E-state index is 11.7. The average molecular weight is 236 g/mol. The molecule has 4 N–H and O–H groups in total. The van der Waals surface area contributed by atoms with E-state index in [1.165, 1.54) is 0 Å². The molecule has 0 aromatic carbocycles. The Hall–Kier alpha value is -1.78. The van der Waals surface area contributed by atoms with Gasteiger partial charge in [-0.05, 0) is 18.9 Å². The minimum absolute atomic E-state index is 0.0390. The molecule has 0 radical (unpaired) electrons. The Labute approximate surface area is 102 Å². The van der Waals surface area contributed by atoms with Crippen molar-refractivity contribution >= 4 is 17.4 Å². The summed E-state index contributed by atoms with van der Waals surface area (Å²) in [5, 5.41) is 5.86. The zero-order valence-electron chi connectivity index (χ0n) is 10.5. The van der Waals surface area contributed by atoms with Crippen LogP contribution in [0.2, 0.25) is 0 Å². The van der Waals surface area contributed by atoms with Crippen LogP contribution in [-0.4, -0.2) is 23.5 Å². The fourth-order valence-corrected chi connectivity index (χ4v) is 1.27. The van der Waals surface area contributed by atoms with Crippen LogP contribution in [0.25, 0.3) is 0 Å². The molecule has 1 amide bonds. The molecule has 1 unspecified atom stereocenters. The number of hydrogen-bond donors (Lipinski definition) is 3. The predicted octanol–water partition coefficient (Wildman–Crippen LogP) is 1.24. The number of nitrogens with one attached hydrogen (secondary N) is 2. The van der Waals surface area contributed by atoms with Crippen LogP contribution in [0.3, 0.4) is 0 Å². The van der Waals surface area contributed by atoms with Crippen molar-refractivity contribution in [1.82, 2.24) is 10.3 Å². The van der Waals surface area contributed by atoms with E-state index < -0.39 is 0 Å². The third-order valence-electron chi connectivity index (χ3n) is 2.23. The molecule has 1 rings (SSSR count). The van der Waals surface area contributed by atoms with E-state index in [4.69, 9.17) is 5.73 Å². The second-order valence-corrected chi connectivity index (χ2v) is 4.48. The molecule has 0 saturated carbocycles. The van der Waals surface area contributed by atoms with Crippen LogP contribution in [0.1, 0.15) is 20.8 Å². The van der Waals surface area contributed by atoms with E-state index in [0.29, 0.717) is 24.0 Å². The smallest absolute Gasteiger partial charge is 0.242 e. The van der Waals surface area contributed by atoms with Gasteiger partial charge in [-0.3, -0.25) is 4.79 Å². The highest BCUT2D eigenvalue weighted by atomic mass is 16.2. The Bertz CT molecular complexity index is 379. The van der Waals surface area contributed by atoms with Crippen molar-refractivity contribution in [2.45, 2.75) is 26.8 Å². The quantitative estimate of drug-likeness (QED) is 0.718. The molecule has 0 aliphatic rings. The average Bonchev–Trinajstić information content (AvgIpc) is 2.25. The van der Waals surface area contributed by atoms with Crippen molar-refractivity contribution in [3.63, 3.8) is 0 Å². The number of anilines is 2. The predicted molar refractivity (Wildman–Crippen MR) is 69.6 cm³/mol. The lowest BCUT2D eigenvalue weighted by atomic mass is 10.2. The van der Waals surface area contributed by atoms with Gasteiger partial charge in [0.1, 0.15) is 11.9 Å². The summed E-state index contributed by atoms with van der Waals surface area (Å²) in [4.78, 5) is 15.8. The molecule has 5 nitrogen and oxygen atoms in total. The van der Waals surface area contributed by atoms with Gasteiger partial charge in [0.15, 0.2) is 0 Å². The van der Waals surface area contributed by atoms with E-state index in [1.807, 2.05) is 0 Å². The van der Waals surface area contributed by atoms with E-state index in [-0.39, 0.29) is 11.9 Å². The summed E-state index contributed by atoms with van der Waals surface area (Å²) in [6.45, 7) is 6.57. The van der Waals surface area contributed by atoms with Gasteiger partial charge in [0.05, 0.1) is 0 Å². The fraction of sp³-hybridized carbons (Fsp3) is 0.500. The summed E-state index contributed by atoms with van der Waals surface area (Å²) in [6.07, 6.45) is 1.61. The number of nitrogens with zero attached hydrogens (tertiary/aromatic N) is 1. The van der Waals surface area contributed by atoms with E-state index in [1.54, 1.807) is 25.3 Å². The van der Waals surface area contributed by atoms with Crippen LogP contribution < -0.4 is 16.4 Å². The molecule has 0 fully saturated rings. The van der Waals surface area contributed by atoms with Gasteiger partial charge in [0.2, 0.25) is 5.91 Å². The number of amides is 1. The minimum Gasteiger partial charge on any atom is -0.399 e. The van der Waals surface area contributed by atoms with E-state index in [0.717, 1.165) is 0 Å². The molecule has 5 heteroatoms. The lowest BCUT2D eigenvalue weighted by Crippen LogP contribution is -2.39. The summed E-state index contributed by atoms with van der Waals surface area (Å²) in [5.41, 5.74) is 6.25. The Morgan fingerprint density at radius 3 is 2.76 bits per heavy atom. The first kappa shape index (κ1) is 13.3. The van der Waals surface area contributed by atoms with E-state index >= 15 is 0 Å². The zero-order chi connectivity index (χ0) is 12.8. The highest BCUT2D eigenvalue weighted by Gasteiger charge is 2.12. The number of carbonyl (C=O) groups is 1. The van der Waals surface area contributed by atoms with Crippen LogP contribution >= 0.6 is 0 Å². The van der Waals surface area contributed by atoms with Crippen LogP contribution in [-0.2, 0) is 4.79 Å². The highest BCUT2D eigenvalue weighted by Crippen LogP contribution is 2.09. The SMILES string of the molecule is CC(C)CNC(=O)C(C)Nc1cc(N)ccn1. The number of aromatic nitrogens is 1. The normalized spacial score (nSPS) is 12.2. The van der Waals surface area contributed by atoms with Crippen molar-refractivity contribution in [2.24, 2.45) is 5.92 Å². The fourth-order valence-electron chi connectivity index (χ4n) is 1.27. The lowest BCUT2D eigenvalue weighted by Gasteiger charge is -2.15. The number of nitrogen functional groups attached to an aromatic ring is 1. The van der Waals surface area contributed by atoms with Crippen LogP contribution in [0.5, 0.6) is 0 Å². The molecule has 1 aromatic rings. The molecule has 94 valence electrons. The highest BCUT2D eigenvalue weighted by molar-refractivity contribution is 5.83. The third-order valence-corrected chi connectivity index (χ3v) is 2.23. The first-order chi connectivity index (χ1) is 7.99. The topological polar surface area (TPSA) is 80.0 Å². The Kier molecular flexibility index (Phi) is 4.75. The van der Waals surface area contributed by atoms with Gasteiger partial charge in [-0.15, -0.1) is 0 Å². The molecule has 0 aliphatic heterocycles. The largest absolute Gasteiger partial charge is 0.399 e. The number of nitrogens with two attached hydrogens (primary N) is 1. The Morgan fingerprint density at radius 2 is 2.18 bits per heavy atom. The molecular weight excluding hydrogens is 216 g/mol. The van der Waals surface area contributed by atoms with E-state index in [9.17, 15) is 4.79 Å². The Balaban J connectivity index is 2.48. The number of pyridine rings is 1. The van der Waals surface area contributed by atoms with Crippen LogP contribution in [0.15, 0.2) is 18.3 Å². The summed E-state index contributed by atoms with van der Waals surface area (Å²) in [6, 6.07) is 3.07. The second kappa shape index (κ2) is 6.08. The summed E-state index contributed by atoms with van der Waals surface area (Å²) in [5.74, 6) is 1.01. The van der Waals surface area contributed by atoms with Crippen LogP contribution in [0.4, 0.5) is 11.5 Å². The summed E-state index contributed by atoms with van der Waals surface area (Å²) >= 11 is 0. The minimum atomic E-state index is -0.331. The molecular formula is C12H20N4O. The monoisotopic (exact) mass is 236 g/mol. The van der Waals surface area contributed by atoms with Gasteiger partial charge < -0.3 is 16.4 Å². The van der Waals surface area contributed by atoms with Gasteiger partial charge >= 0.3 is 0 Å². The van der Waals surface area contributed by atoms with Gasteiger partial charge in [-0.2, -0.15) is 0 Å². The van der Waals surface area contributed by atoms with Crippen molar-refractivity contribution in [3.05, 3.63) is 18.3 Å². The second-order valence-electron chi connectivity index (χ2n) is 4.48. The van der Waals surface area contributed by atoms with Crippen molar-refractivity contribution in [1.29, 1.82) is 0 Å². The standard InChI is InChI=1S/C12H20N4O/c1-8(2)7-15-12(17)9(3)16-11-6-10(13)4-5-14-11/h4-6,8-9H,7H2,1-3H3,(H,15,17)(H3,13,14,16). The maximum Gasteiger partial charge on any atom is 0.242 e. The van der Waals surface area contributed by atoms with Crippen molar-refractivity contribution in [3.8, 4) is 0 Å². The van der Waals surface area contributed by atoms with Crippen molar-refractivity contribution in [2.75, 3.05) is 17.6 Å².